The van der Waals surface area contributed by atoms with Crippen molar-refractivity contribution in [2.75, 3.05) is 44.0 Å². The largest absolute Gasteiger partial charge is 0.379 e. The maximum atomic E-state index is 12.8. The topological polar surface area (TPSA) is 71.9 Å². The predicted molar refractivity (Wildman–Crippen MR) is 125 cm³/mol. The molecule has 2 amide bonds. The van der Waals surface area contributed by atoms with E-state index in [1.54, 1.807) is 7.11 Å². The molecule has 31 heavy (non-hydrogen) atoms. The third-order valence-corrected chi connectivity index (χ3v) is 5.42. The summed E-state index contributed by atoms with van der Waals surface area (Å²) in [6, 6.07) is 19.6. The molecule has 0 aromatic heterocycles. The number of rotatable bonds is 9. The van der Waals surface area contributed by atoms with Crippen molar-refractivity contribution >= 4 is 34.0 Å². The summed E-state index contributed by atoms with van der Waals surface area (Å²) in [5, 5.41) is 8.03. The van der Waals surface area contributed by atoms with Crippen LogP contribution in [-0.4, -0.2) is 45.2 Å². The number of carbonyl (C=O) groups is 2. The number of amides is 2. The number of methoxy groups -OCH3 is 1. The maximum absolute atomic E-state index is 12.8. The summed E-state index contributed by atoms with van der Waals surface area (Å²) in [5.41, 5.74) is 3.74. The molecule has 0 spiro atoms. The Labute approximate surface area is 183 Å². The monoisotopic (exact) mass is 420 g/mol. The first kappa shape index (κ1) is 22.5. The molecule has 0 saturated heterocycles. The number of nitrogens with one attached hydrogen (secondary N) is 3. The fourth-order valence-electron chi connectivity index (χ4n) is 3.55. The van der Waals surface area contributed by atoms with E-state index in [0.717, 1.165) is 38.2 Å². The molecule has 3 aromatic carbocycles. The highest BCUT2D eigenvalue weighted by molar-refractivity contribution is 6.02. The van der Waals surface area contributed by atoms with Gasteiger partial charge in [0.1, 0.15) is 6.54 Å². The third kappa shape index (κ3) is 6.13. The van der Waals surface area contributed by atoms with Gasteiger partial charge < -0.3 is 20.3 Å². The molecule has 162 valence electrons. The first-order valence-corrected chi connectivity index (χ1v) is 10.4. The van der Waals surface area contributed by atoms with Gasteiger partial charge in [0.25, 0.3) is 11.8 Å². The number of fused-ring (bicyclic) bond motifs is 1. The zero-order valence-corrected chi connectivity index (χ0v) is 18.3. The van der Waals surface area contributed by atoms with Crippen LogP contribution in [0.5, 0.6) is 0 Å². The maximum Gasteiger partial charge on any atom is 0.279 e. The van der Waals surface area contributed by atoms with Gasteiger partial charge in [-0.25, -0.2) is 0 Å². The number of hydrogen-bond donors (Lipinski definition) is 3. The van der Waals surface area contributed by atoms with Crippen LogP contribution >= 0.6 is 0 Å². The lowest BCUT2D eigenvalue weighted by molar-refractivity contribution is -0.883. The Balaban J connectivity index is 1.65. The minimum atomic E-state index is -0.137. The Bertz CT molecular complexity index is 1060. The molecule has 6 heteroatoms. The first-order chi connectivity index (χ1) is 15.0. The SMILES string of the molecule is COCC[NH+](CC(=O)Nc1cccc(C)c1C)CC(=O)Nc1cccc2ccccc12. The summed E-state index contributed by atoms with van der Waals surface area (Å²) in [4.78, 5) is 26.3. The lowest BCUT2D eigenvalue weighted by Crippen LogP contribution is -3.14. The van der Waals surface area contributed by atoms with Gasteiger partial charge in [-0.05, 0) is 42.5 Å². The van der Waals surface area contributed by atoms with Gasteiger partial charge in [-0.3, -0.25) is 9.59 Å². The molecule has 1 unspecified atom stereocenters. The van der Waals surface area contributed by atoms with Crippen LogP contribution in [0.15, 0.2) is 60.7 Å². The van der Waals surface area contributed by atoms with Crippen molar-refractivity contribution < 1.29 is 19.2 Å². The second-order valence-corrected chi connectivity index (χ2v) is 7.72. The highest BCUT2D eigenvalue weighted by Gasteiger charge is 2.19. The van der Waals surface area contributed by atoms with E-state index in [1.165, 1.54) is 0 Å². The Hall–Kier alpha value is -3.22. The van der Waals surface area contributed by atoms with Crippen LogP contribution in [0.2, 0.25) is 0 Å². The zero-order valence-electron chi connectivity index (χ0n) is 18.3. The van der Waals surface area contributed by atoms with Crippen LogP contribution in [0.3, 0.4) is 0 Å². The van der Waals surface area contributed by atoms with Crippen molar-refractivity contribution in [3.63, 3.8) is 0 Å². The Morgan fingerprint density at radius 1 is 0.839 bits per heavy atom. The number of carbonyl (C=O) groups excluding carboxylic acids is 2. The van der Waals surface area contributed by atoms with Crippen LogP contribution in [-0.2, 0) is 14.3 Å². The number of aryl methyl sites for hydroxylation is 1. The molecular formula is C25H30N3O3+. The lowest BCUT2D eigenvalue weighted by Gasteiger charge is -2.19. The number of anilines is 2. The molecule has 0 radical (unpaired) electrons. The highest BCUT2D eigenvalue weighted by Crippen LogP contribution is 2.22. The summed E-state index contributed by atoms with van der Waals surface area (Å²) in [6.07, 6.45) is 0. The fraction of sp³-hybridized carbons (Fsp3) is 0.280. The number of hydrogen-bond acceptors (Lipinski definition) is 3. The van der Waals surface area contributed by atoms with Gasteiger partial charge in [0.15, 0.2) is 13.1 Å². The molecule has 0 heterocycles. The van der Waals surface area contributed by atoms with E-state index in [-0.39, 0.29) is 24.9 Å². The molecular weight excluding hydrogens is 390 g/mol. The van der Waals surface area contributed by atoms with Crippen molar-refractivity contribution in [2.24, 2.45) is 0 Å². The average molecular weight is 421 g/mol. The van der Waals surface area contributed by atoms with E-state index in [9.17, 15) is 9.59 Å². The normalized spacial score (nSPS) is 11.8. The van der Waals surface area contributed by atoms with Crippen molar-refractivity contribution in [2.45, 2.75) is 13.8 Å². The van der Waals surface area contributed by atoms with Gasteiger partial charge >= 0.3 is 0 Å². The first-order valence-electron chi connectivity index (χ1n) is 10.4. The van der Waals surface area contributed by atoms with E-state index in [4.69, 9.17) is 4.74 Å². The summed E-state index contributed by atoms with van der Waals surface area (Å²) in [5.74, 6) is -0.264. The quantitative estimate of drug-likeness (QED) is 0.498. The average Bonchev–Trinajstić information content (AvgIpc) is 2.75. The molecule has 0 aliphatic heterocycles. The number of ether oxygens (including phenoxy) is 1. The van der Waals surface area contributed by atoms with Gasteiger partial charge in [-0.1, -0.05) is 48.5 Å². The lowest BCUT2D eigenvalue weighted by atomic mass is 10.1. The molecule has 0 aliphatic rings. The molecule has 6 nitrogen and oxygen atoms in total. The van der Waals surface area contributed by atoms with Crippen molar-refractivity contribution in [1.29, 1.82) is 0 Å². The molecule has 0 saturated carbocycles. The molecule has 3 N–H and O–H groups in total. The zero-order chi connectivity index (χ0) is 22.2. The molecule has 3 aromatic rings. The van der Waals surface area contributed by atoms with Crippen LogP contribution in [0.4, 0.5) is 11.4 Å². The highest BCUT2D eigenvalue weighted by atomic mass is 16.5. The molecule has 0 fully saturated rings. The second-order valence-electron chi connectivity index (χ2n) is 7.72. The van der Waals surface area contributed by atoms with Crippen molar-refractivity contribution in [3.8, 4) is 0 Å². The Morgan fingerprint density at radius 3 is 2.19 bits per heavy atom. The summed E-state index contributed by atoms with van der Waals surface area (Å²) >= 11 is 0. The van der Waals surface area contributed by atoms with Crippen LogP contribution in [0, 0.1) is 13.8 Å². The van der Waals surface area contributed by atoms with E-state index < -0.39 is 0 Å². The smallest absolute Gasteiger partial charge is 0.279 e. The van der Waals surface area contributed by atoms with Gasteiger partial charge in [-0.15, -0.1) is 0 Å². The number of quaternary nitrogens is 1. The van der Waals surface area contributed by atoms with Gasteiger partial charge in [0, 0.05) is 23.9 Å². The van der Waals surface area contributed by atoms with Crippen molar-refractivity contribution in [1.82, 2.24) is 0 Å². The third-order valence-electron chi connectivity index (χ3n) is 5.42. The van der Waals surface area contributed by atoms with E-state index in [2.05, 4.69) is 10.6 Å². The Morgan fingerprint density at radius 2 is 1.45 bits per heavy atom. The van der Waals surface area contributed by atoms with Crippen molar-refractivity contribution in [3.05, 3.63) is 71.8 Å². The summed E-state index contributed by atoms with van der Waals surface area (Å²) < 4.78 is 5.18. The van der Waals surface area contributed by atoms with E-state index in [1.807, 2.05) is 74.5 Å². The minimum Gasteiger partial charge on any atom is -0.379 e. The van der Waals surface area contributed by atoms with Gasteiger partial charge in [0.2, 0.25) is 0 Å². The van der Waals surface area contributed by atoms with Crippen LogP contribution in [0.25, 0.3) is 10.8 Å². The second kappa shape index (κ2) is 10.7. The number of benzene rings is 3. The molecule has 3 rings (SSSR count). The molecule has 1 atom stereocenters. The standard InChI is InChI=1S/C25H29N3O3/c1-18-8-6-12-22(19(18)2)26-24(29)16-28(14-15-31-3)17-25(30)27-23-13-7-10-20-9-4-5-11-21(20)23/h4-13H,14-17H2,1-3H3,(H,26,29)(H,27,30)/p+1. The van der Waals surface area contributed by atoms with Gasteiger partial charge in [0.05, 0.1) is 6.61 Å². The van der Waals surface area contributed by atoms with Crippen LogP contribution in [0.1, 0.15) is 11.1 Å². The van der Waals surface area contributed by atoms with Crippen LogP contribution < -0.4 is 15.5 Å². The fourth-order valence-corrected chi connectivity index (χ4v) is 3.55. The van der Waals surface area contributed by atoms with E-state index in [0.29, 0.717) is 13.2 Å². The van der Waals surface area contributed by atoms with E-state index >= 15 is 0 Å². The Kier molecular flexibility index (Phi) is 7.76. The summed E-state index contributed by atoms with van der Waals surface area (Å²) in [7, 11) is 1.62. The molecule has 0 bridgehead atoms. The summed E-state index contributed by atoms with van der Waals surface area (Å²) in [6.45, 7) is 5.37. The van der Waals surface area contributed by atoms with Gasteiger partial charge in [-0.2, -0.15) is 0 Å². The minimum absolute atomic E-state index is 0.127. The predicted octanol–water partition coefficient (Wildman–Crippen LogP) is 2.57. The molecule has 0 aliphatic carbocycles.